The van der Waals surface area contributed by atoms with Crippen LogP contribution in [0.25, 0.3) is 10.9 Å². The molecule has 2 aromatic rings. The lowest BCUT2D eigenvalue weighted by atomic mass is 9.95. The van der Waals surface area contributed by atoms with Crippen LogP contribution in [-0.2, 0) is 19.1 Å². The fourth-order valence-corrected chi connectivity index (χ4v) is 4.71. The molecule has 9 nitrogen and oxygen atoms in total. The van der Waals surface area contributed by atoms with Crippen molar-refractivity contribution in [2.24, 2.45) is 17.6 Å². The Kier molecular flexibility index (Phi) is 10.1. The smallest absolute Gasteiger partial charge is 0.270 e. The van der Waals surface area contributed by atoms with Gasteiger partial charge in [-0.1, -0.05) is 32.0 Å². The Labute approximate surface area is 222 Å². The molecule has 3 rings (SSSR count). The molecule has 1 fully saturated rings. The van der Waals surface area contributed by atoms with Gasteiger partial charge in [0.25, 0.3) is 18.8 Å². The Morgan fingerprint density at radius 2 is 1.82 bits per heavy atom. The minimum atomic E-state index is -3.53. The van der Waals surface area contributed by atoms with E-state index in [1.54, 1.807) is 30.3 Å². The Morgan fingerprint density at radius 3 is 2.38 bits per heavy atom. The molecule has 0 bridgehead atoms. The van der Waals surface area contributed by atoms with Gasteiger partial charge in [0.2, 0.25) is 11.8 Å². The molecule has 0 unspecified atom stereocenters. The zero-order valence-electron chi connectivity index (χ0n) is 21.5. The van der Waals surface area contributed by atoms with Crippen molar-refractivity contribution < 1.29 is 41.5 Å². The summed E-state index contributed by atoms with van der Waals surface area (Å²) in [6, 6.07) is 6.06. The minimum absolute atomic E-state index is 0.0569. The molecule has 0 aliphatic carbocycles. The number of nitrogens with one attached hydrogen (secondary N) is 2. The lowest BCUT2D eigenvalue weighted by molar-refractivity contribution is -0.148. The standard InChI is InChI=1S/C26H32F4N4O5/c1-13(2)9-19(34-17-6-4-3-5-14(17)11-18(34)24(31)36)26(38)33-16(10-15-7-8-32-25(15)37)20(35)12-39-21(22(27)28)23(29)30/h3-6,11,13,15-16,19,21-23H,7-10,12H2,1-2H3,(H2,31,36)(H,32,37)(H,33,38)/t15-,16-,19-/m0/s1. The second-order valence-corrected chi connectivity index (χ2v) is 9.95. The molecule has 0 saturated carbocycles. The molecule has 1 aromatic heterocycles. The molecule has 1 aliphatic heterocycles. The number of hydrogen-bond donors (Lipinski definition) is 3. The molecule has 0 radical (unpaired) electrons. The Hall–Kier alpha value is -3.48. The molecular formula is C26H32F4N4O5. The molecule has 2 heterocycles. The van der Waals surface area contributed by atoms with Crippen LogP contribution in [-0.4, -0.2) is 66.2 Å². The number of Topliss-reactive ketones (excluding diaryl/α,β-unsaturated/α-hetero) is 1. The van der Waals surface area contributed by atoms with E-state index in [-0.39, 0.29) is 30.4 Å². The number of ketones is 1. The number of fused-ring (bicyclic) bond motifs is 1. The molecule has 13 heteroatoms. The summed E-state index contributed by atoms with van der Waals surface area (Å²) in [5, 5.41) is 5.84. The van der Waals surface area contributed by atoms with Gasteiger partial charge >= 0.3 is 0 Å². The highest BCUT2D eigenvalue weighted by Gasteiger charge is 2.36. The number of nitrogens with two attached hydrogens (primary N) is 1. The summed E-state index contributed by atoms with van der Waals surface area (Å²) >= 11 is 0. The molecule has 1 aromatic carbocycles. The number of primary amides is 1. The van der Waals surface area contributed by atoms with E-state index in [0.717, 1.165) is 0 Å². The van der Waals surface area contributed by atoms with E-state index in [0.29, 0.717) is 23.9 Å². The summed E-state index contributed by atoms with van der Waals surface area (Å²) in [5.74, 6) is -3.49. The molecule has 3 amide bonds. The van der Waals surface area contributed by atoms with Crippen molar-refractivity contribution in [3.05, 3.63) is 36.0 Å². The fraction of sp³-hybridized carbons (Fsp3) is 0.538. The van der Waals surface area contributed by atoms with Gasteiger partial charge in [0.1, 0.15) is 18.3 Å². The first-order valence-electron chi connectivity index (χ1n) is 12.6. The zero-order chi connectivity index (χ0) is 28.9. The van der Waals surface area contributed by atoms with Gasteiger partial charge in [-0.05, 0) is 37.3 Å². The van der Waals surface area contributed by atoms with Gasteiger partial charge in [-0.2, -0.15) is 0 Å². The van der Waals surface area contributed by atoms with Crippen LogP contribution in [0.15, 0.2) is 30.3 Å². The van der Waals surface area contributed by atoms with E-state index in [2.05, 4.69) is 15.4 Å². The maximum absolute atomic E-state index is 13.7. The zero-order valence-corrected chi connectivity index (χ0v) is 21.5. The number of benzene rings is 1. The Bertz CT molecular complexity index is 1190. The highest BCUT2D eigenvalue weighted by molar-refractivity contribution is 6.00. The van der Waals surface area contributed by atoms with Crippen molar-refractivity contribution in [2.45, 2.75) is 64.1 Å². The summed E-state index contributed by atoms with van der Waals surface area (Å²) in [6.07, 6.45) is -9.44. The monoisotopic (exact) mass is 556 g/mol. The van der Waals surface area contributed by atoms with Crippen LogP contribution in [0.1, 0.15) is 49.6 Å². The number of para-hydroxylation sites is 1. The lowest BCUT2D eigenvalue weighted by Crippen LogP contribution is -2.48. The molecule has 39 heavy (non-hydrogen) atoms. The van der Waals surface area contributed by atoms with Crippen molar-refractivity contribution in [2.75, 3.05) is 13.2 Å². The van der Waals surface area contributed by atoms with Gasteiger partial charge in [0.05, 0.1) is 6.04 Å². The van der Waals surface area contributed by atoms with Crippen LogP contribution in [0.4, 0.5) is 17.6 Å². The van der Waals surface area contributed by atoms with E-state index >= 15 is 0 Å². The number of aromatic nitrogens is 1. The van der Waals surface area contributed by atoms with Crippen molar-refractivity contribution >= 4 is 34.4 Å². The van der Waals surface area contributed by atoms with Crippen molar-refractivity contribution in [1.29, 1.82) is 0 Å². The molecule has 214 valence electrons. The summed E-state index contributed by atoms with van der Waals surface area (Å²) in [4.78, 5) is 51.2. The highest BCUT2D eigenvalue weighted by atomic mass is 19.3. The summed E-state index contributed by atoms with van der Waals surface area (Å²) in [5.41, 5.74) is 6.22. The van der Waals surface area contributed by atoms with Gasteiger partial charge < -0.3 is 25.7 Å². The largest absolute Gasteiger partial charge is 0.364 e. The molecular weight excluding hydrogens is 524 g/mol. The number of nitrogens with zero attached hydrogens (tertiary/aromatic N) is 1. The third kappa shape index (κ3) is 7.34. The Morgan fingerprint density at radius 1 is 1.15 bits per heavy atom. The number of rotatable bonds is 14. The number of carbonyl (C=O) groups excluding carboxylic acids is 4. The number of alkyl halides is 4. The highest BCUT2D eigenvalue weighted by Crippen LogP contribution is 2.29. The summed E-state index contributed by atoms with van der Waals surface area (Å²) in [6.45, 7) is 2.93. The average Bonchev–Trinajstić information content (AvgIpc) is 3.44. The van der Waals surface area contributed by atoms with Gasteiger partial charge in [0, 0.05) is 23.4 Å². The number of hydrogen-bond acceptors (Lipinski definition) is 5. The van der Waals surface area contributed by atoms with E-state index in [4.69, 9.17) is 5.73 Å². The minimum Gasteiger partial charge on any atom is -0.364 e. The van der Waals surface area contributed by atoms with E-state index in [1.165, 1.54) is 4.57 Å². The first-order valence-corrected chi connectivity index (χ1v) is 12.6. The number of carbonyl (C=O) groups is 4. The lowest BCUT2D eigenvalue weighted by Gasteiger charge is -2.27. The average molecular weight is 557 g/mol. The SMILES string of the molecule is CC(C)C[C@@H](C(=O)N[C@@H](C[C@@H]1CCNC1=O)C(=O)COC(C(F)F)C(F)F)n1c(C(N)=O)cc2ccccc21. The molecule has 1 saturated heterocycles. The third-order valence-electron chi connectivity index (χ3n) is 6.61. The number of halogens is 4. The molecule has 1 aliphatic rings. The fourth-order valence-electron chi connectivity index (χ4n) is 4.71. The number of ether oxygens (including phenoxy) is 1. The van der Waals surface area contributed by atoms with Crippen LogP contribution in [0.5, 0.6) is 0 Å². The molecule has 0 spiro atoms. The first-order chi connectivity index (χ1) is 18.4. The van der Waals surface area contributed by atoms with Crippen molar-refractivity contribution in [3.8, 4) is 0 Å². The summed E-state index contributed by atoms with van der Waals surface area (Å²) in [7, 11) is 0. The molecule has 4 N–H and O–H groups in total. The van der Waals surface area contributed by atoms with E-state index in [9.17, 15) is 36.7 Å². The van der Waals surface area contributed by atoms with Crippen LogP contribution in [0.3, 0.4) is 0 Å². The topological polar surface area (TPSA) is 133 Å². The van der Waals surface area contributed by atoms with Gasteiger partial charge in [-0.15, -0.1) is 0 Å². The predicted octanol–water partition coefficient (Wildman–Crippen LogP) is 2.82. The maximum atomic E-state index is 13.7. The van der Waals surface area contributed by atoms with E-state index in [1.807, 2.05) is 13.8 Å². The normalized spacial score (nSPS) is 17.3. The van der Waals surface area contributed by atoms with Crippen LogP contribution < -0.4 is 16.4 Å². The van der Waals surface area contributed by atoms with Crippen LogP contribution >= 0.6 is 0 Å². The predicted molar refractivity (Wildman–Crippen MR) is 133 cm³/mol. The van der Waals surface area contributed by atoms with E-state index < -0.39 is 61.2 Å². The first kappa shape index (κ1) is 30.1. The van der Waals surface area contributed by atoms with Crippen LogP contribution in [0, 0.1) is 11.8 Å². The van der Waals surface area contributed by atoms with Crippen molar-refractivity contribution in [3.63, 3.8) is 0 Å². The Balaban J connectivity index is 1.93. The third-order valence-corrected chi connectivity index (χ3v) is 6.61. The number of amides is 3. The maximum Gasteiger partial charge on any atom is 0.270 e. The quantitative estimate of drug-likeness (QED) is 0.308. The van der Waals surface area contributed by atoms with Crippen molar-refractivity contribution in [1.82, 2.24) is 15.2 Å². The molecule has 3 atom stereocenters. The van der Waals surface area contributed by atoms with Crippen LogP contribution in [0.2, 0.25) is 0 Å². The second kappa shape index (κ2) is 13.0. The summed E-state index contributed by atoms with van der Waals surface area (Å²) < 4.78 is 57.7. The van der Waals surface area contributed by atoms with Gasteiger partial charge in [0.15, 0.2) is 11.9 Å². The van der Waals surface area contributed by atoms with Gasteiger partial charge in [-0.3, -0.25) is 19.2 Å². The second-order valence-electron chi connectivity index (χ2n) is 9.95. The van der Waals surface area contributed by atoms with Gasteiger partial charge in [-0.25, -0.2) is 17.6 Å².